The maximum atomic E-state index is 5.97. The van der Waals surface area contributed by atoms with Crippen molar-refractivity contribution in [1.82, 2.24) is 0 Å². The van der Waals surface area contributed by atoms with E-state index >= 15 is 0 Å². The first-order valence-corrected chi connectivity index (χ1v) is 22.5. The van der Waals surface area contributed by atoms with Gasteiger partial charge in [-0.25, -0.2) is 0 Å². The molecule has 54 heavy (non-hydrogen) atoms. The molecular weight excluding hydrogens is 653 g/mol. The lowest BCUT2D eigenvalue weighted by Gasteiger charge is -2.19. The summed E-state index contributed by atoms with van der Waals surface area (Å²) in [6, 6.07) is 36.2. The van der Waals surface area contributed by atoms with E-state index in [4.69, 9.17) is 11.5 Å². The van der Waals surface area contributed by atoms with Gasteiger partial charge in [-0.1, -0.05) is 202 Å². The molecule has 0 fully saturated rings. The standard InChI is InChI=1S/C52H76N2/c1-3-5-19-25-51(47-35-39-49(53)40-36-47)45-31-27-43(28-32-45)23-21-17-15-13-11-9-7-8-10-12-14-16-18-22-24-44-29-33-46(34-30-44)52(26-20-6-4-2)48-37-41-50(54)42-38-48/h27-42,51-52H,3-26,53-54H2,1-2H3. The summed E-state index contributed by atoms with van der Waals surface area (Å²) in [6.07, 6.45) is 32.0. The minimum atomic E-state index is 0.470. The summed E-state index contributed by atoms with van der Waals surface area (Å²) in [7, 11) is 0. The zero-order valence-corrected chi connectivity index (χ0v) is 34.5. The van der Waals surface area contributed by atoms with Crippen LogP contribution >= 0.6 is 0 Å². The third-order valence-electron chi connectivity index (χ3n) is 11.8. The SMILES string of the molecule is CCCCCC(c1ccc(N)cc1)c1ccc(CCCCCCCCCCCCCCCCc2ccc(C(CCCCC)c3ccc(N)cc3)cc2)cc1. The topological polar surface area (TPSA) is 52.0 Å². The van der Waals surface area contributed by atoms with Crippen LogP contribution in [0.3, 0.4) is 0 Å². The van der Waals surface area contributed by atoms with Crippen molar-refractivity contribution in [2.75, 3.05) is 11.5 Å². The minimum Gasteiger partial charge on any atom is -0.399 e. The summed E-state index contributed by atoms with van der Waals surface area (Å²) in [5, 5.41) is 0. The van der Waals surface area contributed by atoms with Crippen LogP contribution in [-0.4, -0.2) is 0 Å². The van der Waals surface area contributed by atoms with Gasteiger partial charge in [-0.15, -0.1) is 0 Å². The lowest BCUT2D eigenvalue weighted by molar-refractivity contribution is 0.533. The molecule has 4 aromatic carbocycles. The highest BCUT2D eigenvalue weighted by Crippen LogP contribution is 2.32. The number of benzene rings is 4. The molecule has 4 rings (SSSR count). The average Bonchev–Trinajstić information content (AvgIpc) is 3.20. The number of nitrogen functional groups attached to an aromatic ring is 2. The van der Waals surface area contributed by atoms with E-state index in [1.165, 1.54) is 187 Å². The van der Waals surface area contributed by atoms with Crippen LogP contribution < -0.4 is 11.5 Å². The average molecular weight is 729 g/mol. The second-order valence-electron chi connectivity index (χ2n) is 16.4. The van der Waals surface area contributed by atoms with Crippen molar-refractivity contribution in [2.24, 2.45) is 0 Å². The molecule has 0 aliphatic heterocycles. The Morgan fingerprint density at radius 1 is 0.315 bits per heavy atom. The van der Waals surface area contributed by atoms with Crippen molar-refractivity contribution in [3.63, 3.8) is 0 Å². The summed E-state index contributed by atoms with van der Waals surface area (Å²) in [5.74, 6) is 0.940. The van der Waals surface area contributed by atoms with Crippen LogP contribution in [-0.2, 0) is 12.8 Å². The Bertz CT molecular complexity index is 1370. The number of rotatable bonds is 29. The third kappa shape index (κ3) is 16.5. The number of aryl methyl sites for hydroxylation is 2. The van der Waals surface area contributed by atoms with Gasteiger partial charge in [-0.3, -0.25) is 0 Å². The molecule has 0 amide bonds. The van der Waals surface area contributed by atoms with Gasteiger partial charge in [-0.2, -0.15) is 0 Å². The summed E-state index contributed by atoms with van der Waals surface area (Å²) in [5.41, 5.74) is 22.3. The molecule has 0 radical (unpaired) electrons. The monoisotopic (exact) mass is 729 g/mol. The van der Waals surface area contributed by atoms with E-state index in [-0.39, 0.29) is 0 Å². The van der Waals surface area contributed by atoms with Gasteiger partial charge in [0.15, 0.2) is 0 Å². The number of anilines is 2. The van der Waals surface area contributed by atoms with Crippen LogP contribution in [0.5, 0.6) is 0 Å². The van der Waals surface area contributed by atoms with E-state index in [0.29, 0.717) is 11.8 Å². The molecule has 0 heterocycles. The number of hydrogen-bond acceptors (Lipinski definition) is 2. The molecular formula is C52H76N2. The second-order valence-corrected chi connectivity index (χ2v) is 16.4. The Balaban J connectivity index is 0.976. The smallest absolute Gasteiger partial charge is 0.0314 e. The van der Waals surface area contributed by atoms with Crippen molar-refractivity contribution in [1.29, 1.82) is 0 Å². The number of hydrogen-bond donors (Lipinski definition) is 2. The molecule has 294 valence electrons. The molecule has 2 nitrogen and oxygen atoms in total. The lowest BCUT2D eigenvalue weighted by Crippen LogP contribution is -2.02. The lowest BCUT2D eigenvalue weighted by atomic mass is 9.86. The zero-order chi connectivity index (χ0) is 38.1. The van der Waals surface area contributed by atoms with Gasteiger partial charge < -0.3 is 11.5 Å². The van der Waals surface area contributed by atoms with Gasteiger partial charge >= 0.3 is 0 Å². The maximum absolute atomic E-state index is 5.97. The fourth-order valence-corrected chi connectivity index (χ4v) is 8.32. The van der Waals surface area contributed by atoms with Crippen molar-refractivity contribution >= 4 is 11.4 Å². The van der Waals surface area contributed by atoms with Gasteiger partial charge in [0.1, 0.15) is 0 Å². The highest BCUT2D eigenvalue weighted by Gasteiger charge is 2.15. The van der Waals surface area contributed by atoms with Crippen LogP contribution in [0.4, 0.5) is 11.4 Å². The molecule has 0 aliphatic rings. The van der Waals surface area contributed by atoms with Gasteiger partial charge in [0.05, 0.1) is 0 Å². The van der Waals surface area contributed by atoms with Crippen LogP contribution in [0, 0.1) is 0 Å². The molecule has 2 atom stereocenters. The highest BCUT2D eigenvalue weighted by molar-refractivity contribution is 5.44. The molecule has 4 N–H and O–H groups in total. The van der Waals surface area contributed by atoms with E-state index < -0.39 is 0 Å². The Morgan fingerprint density at radius 2 is 0.574 bits per heavy atom. The van der Waals surface area contributed by atoms with Crippen molar-refractivity contribution in [3.8, 4) is 0 Å². The van der Waals surface area contributed by atoms with Crippen LogP contribution in [0.2, 0.25) is 0 Å². The van der Waals surface area contributed by atoms with E-state index in [9.17, 15) is 0 Å². The number of nitrogens with two attached hydrogens (primary N) is 2. The molecule has 0 aliphatic carbocycles. The van der Waals surface area contributed by atoms with E-state index in [0.717, 1.165) is 11.4 Å². The minimum absolute atomic E-state index is 0.470. The van der Waals surface area contributed by atoms with Gasteiger partial charge in [-0.05, 0) is 96.2 Å². The molecule has 0 spiro atoms. The maximum Gasteiger partial charge on any atom is 0.0314 e. The zero-order valence-electron chi connectivity index (χ0n) is 34.5. The Kier molecular flexibility index (Phi) is 21.1. The fourth-order valence-electron chi connectivity index (χ4n) is 8.32. The Labute approximate surface area is 332 Å². The normalized spacial score (nSPS) is 12.6. The van der Waals surface area contributed by atoms with Crippen LogP contribution in [0.1, 0.15) is 200 Å². The summed E-state index contributed by atoms with van der Waals surface area (Å²) >= 11 is 0. The first-order chi connectivity index (χ1) is 26.6. The van der Waals surface area contributed by atoms with Crippen molar-refractivity contribution in [3.05, 3.63) is 130 Å². The Hall–Kier alpha value is -3.52. The first-order valence-electron chi connectivity index (χ1n) is 22.5. The first kappa shape index (κ1) is 43.2. The molecule has 2 unspecified atom stereocenters. The fraction of sp³-hybridized carbons (Fsp3) is 0.538. The van der Waals surface area contributed by atoms with Crippen molar-refractivity contribution in [2.45, 2.75) is 180 Å². The summed E-state index contributed by atoms with van der Waals surface area (Å²) in [4.78, 5) is 0. The predicted molar refractivity (Wildman–Crippen MR) is 239 cm³/mol. The number of unbranched alkanes of at least 4 members (excludes halogenated alkanes) is 17. The third-order valence-corrected chi connectivity index (χ3v) is 11.8. The highest BCUT2D eigenvalue weighted by atomic mass is 14.5. The Morgan fingerprint density at radius 3 is 0.852 bits per heavy atom. The molecule has 0 saturated carbocycles. The van der Waals surface area contributed by atoms with E-state index in [2.05, 4.69) is 111 Å². The molecule has 0 saturated heterocycles. The van der Waals surface area contributed by atoms with E-state index in [1.54, 1.807) is 0 Å². The van der Waals surface area contributed by atoms with Gasteiger partial charge in [0.2, 0.25) is 0 Å². The molecule has 0 bridgehead atoms. The van der Waals surface area contributed by atoms with Crippen molar-refractivity contribution < 1.29 is 0 Å². The largest absolute Gasteiger partial charge is 0.399 e. The summed E-state index contributed by atoms with van der Waals surface area (Å²) in [6.45, 7) is 4.57. The van der Waals surface area contributed by atoms with Gasteiger partial charge in [0.25, 0.3) is 0 Å². The molecule has 0 aromatic heterocycles. The summed E-state index contributed by atoms with van der Waals surface area (Å²) < 4.78 is 0. The quantitative estimate of drug-likeness (QED) is 0.0432. The van der Waals surface area contributed by atoms with Crippen LogP contribution in [0.15, 0.2) is 97.1 Å². The second kappa shape index (κ2) is 26.3. The van der Waals surface area contributed by atoms with Crippen LogP contribution in [0.25, 0.3) is 0 Å². The molecule has 2 heteroatoms. The molecule has 4 aromatic rings. The van der Waals surface area contributed by atoms with E-state index in [1.807, 2.05) is 0 Å². The van der Waals surface area contributed by atoms with Gasteiger partial charge in [0, 0.05) is 23.2 Å². The predicted octanol–water partition coefficient (Wildman–Crippen LogP) is 15.5.